The molecule has 3 aliphatic carbocycles. The summed E-state index contributed by atoms with van der Waals surface area (Å²) < 4.78 is 0. The molecule has 0 aromatic heterocycles. The van der Waals surface area contributed by atoms with Gasteiger partial charge in [-0.15, -0.1) is 0 Å². The average molecular weight is 621 g/mol. The fourth-order valence-corrected chi connectivity index (χ4v) is 7.41. The summed E-state index contributed by atoms with van der Waals surface area (Å²) in [4.78, 5) is 4.94. The van der Waals surface area contributed by atoms with Crippen LogP contribution in [0.15, 0.2) is 194 Å². The molecule has 0 N–H and O–H groups in total. The molecule has 48 heavy (non-hydrogen) atoms. The topological polar surface area (TPSA) is 6.48 Å². The molecule has 8 rings (SSSR count). The number of fused-ring (bicyclic) bond motifs is 2. The van der Waals surface area contributed by atoms with E-state index in [1.165, 1.54) is 61.1 Å². The molecule has 5 aromatic rings. The number of hydrogen-bond donors (Lipinski definition) is 0. The quantitative estimate of drug-likeness (QED) is 0.167. The Morgan fingerprint density at radius 3 is 2.06 bits per heavy atom. The predicted molar refractivity (Wildman–Crippen MR) is 206 cm³/mol. The van der Waals surface area contributed by atoms with Crippen LogP contribution in [-0.2, 0) is 0 Å². The Bertz CT molecular complexity index is 2160. The van der Waals surface area contributed by atoms with Crippen LogP contribution < -0.4 is 9.80 Å². The van der Waals surface area contributed by atoms with Crippen molar-refractivity contribution < 1.29 is 0 Å². The number of benzene rings is 5. The number of allylic oxidation sites excluding steroid dienone is 10. The summed E-state index contributed by atoms with van der Waals surface area (Å²) >= 11 is 0. The number of hydrogen-bond acceptors (Lipinski definition) is 2. The van der Waals surface area contributed by atoms with Crippen molar-refractivity contribution in [2.24, 2.45) is 0 Å². The third-order valence-electron chi connectivity index (χ3n) is 9.87. The second-order valence-electron chi connectivity index (χ2n) is 12.9. The SMILES string of the molecule is C=C1CC=CC=CC1N(C1=CCC(c2ccc(N(C3=CC=CCC3)c3cccc4ccccc34)cc2)C=C1)c1cccc2ccccc12. The first-order valence-electron chi connectivity index (χ1n) is 17.1. The first-order chi connectivity index (χ1) is 23.7. The summed E-state index contributed by atoms with van der Waals surface area (Å²) in [6.07, 6.45) is 26.5. The van der Waals surface area contributed by atoms with Gasteiger partial charge in [0.05, 0.1) is 11.7 Å². The molecule has 0 radical (unpaired) electrons. The highest BCUT2D eigenvalue weighted by molar-refractivity contribution is 5.97. The van der Waals surface area contributed by atoms with Crippen molar-refractivity contribution in [1.29, 1.82) is 0 Å². The van der Waals surface area contributed by atoms with E-state index in [2.05, 4.69) is 186 Å². The summed E-state index contributed by atoms with van der Waals surface area (Å²) in [7, 11) is 0. The van der Waals surface area contributed by atoms with Gasteiger partial charge in [0.25, 0.3) is 0 Å². The van der Waals surface area contributed by atoms with E-state index in [1.807, 2.05) is 0 Å². The zero-order valence-corrected chi connectivity index (χ0v) is 27.3. The van der Waals surface area contributed by atoms with Crippen LogP contribution in [0, 0.1) is 0 Å². The first-order valence-corrected chi connectivity index (χ1v) is 17.1. The van der Waals surface area contributed by atoms with Gasteiger partial charge in [0, 0.05) is 39.5 Å². The lowest BCUT2D eigenvalue weighted by Gasteiger charge is -2.36. The smallest absolute Gasteiger partial charge is 0.0739 e. The minimum atomic E-state index is 0.0709. The van der Waals surface area contributed by atoms with Crippen LogP contribution >= 0.6 is 0 Å². The second-order valence-corrected chi connectivity index (χ2v) is 12.9. The second kappa shape index (κ2) is 13.3. The molecule has 2 heteroatoms. The Hall–Kier alpha value is -5.60. The van der Waals surface area contributed by atoms with Crippen molar-refractivity contribution in [2.75, 3.05) is 9.80 Å². The highest BCUT2D eigenvalue weighted by Crippen LogP contribution is 2.40. The maximum absolute atomic E-state index is 4.53. The Morgan fingerprint density at radius 1 is 0.646 bits per heavy atom. The Kier molecular flexibility index (Phi) is 8.22. The zero-order valence-electron chi connectivity index (χ0n) is 27.3. The molecule has 0 bridgehead atoms. The number of nitrogens with zero attached hydrogens (tertiary/aromatic N) is 2. The molecule has 2 atom stereocenters. The van der Waals surface area contributed by atoms with Crippen molar-refractivity contribution in [3.05, 3.63) is 199 Å². The van der Waals surface area contributed by atoms with Gasteiger partial charge in [0.2, 0.25) is 0 Å². The molecule has 2 nitrogen and oxygen atoms in total. The molecule has 0 amide bonds. The summed E-state index contributed by atoms with van der Waals surface area (Å²) in [5.74, 6) is 0.314. The van der Waals surface area contributed by atoms with Gasteiger partial charge in [0.1, 0.15) is 0 Å². The lowest BCUT2D eigenvalue weighted by atomic mass is 9.90. The van der Waals surface area contributed by atoms with E-state index >= 15 is 0 Å². The van der Waals surface area contributed by atoms with Gasteiger partial charge in [-0.3, -0.25) is 0 Å². The van der Waals surface area contributed by atoms with Crippen LogP contribution in [0.2, 0.25) is 0 Å². The predicted octanol–water partition coefficient (Wildman–Crippen LogP) is 12.2. The van der Waals surface area contributed by atoms with Crippen LogP contribution in [0.5, 0.6) is 0 Å². The minimum Gasteiger partial charge on any atom is -0.330 e. The molecule has 0 heterocycles. The molecule has 0 saturated carbocycles. The van der Waals surface area contributed by atoms with Crippen molar-refractivity contribution in [3.63, 3.8) is 0 Å². The fraction of sp³-hybridized carbons (Fsp3) is 0.130. The molecule has 0 aliphatic heterocycles. The molecular formula is C46H40N2. The van der Waals surface area contributed by atoms with Crippen molar-refractivity contribution in [2.45, 2.75) is 37.6 Å². The first kappa shape index (κ1) is 29.8. The summed E-state index contributed by atoms with van der Waals surface area (Å²) in [5.41, 5.74) is 8.71. The molecule has 2 unspecified atom stereocenters. The molecule has 5 aromatic carbocycles. The van der Waals surface area contributed by atoms with Crippen molar-refractivity contribution in [1.82, 2.24) is 0 Å². The van der Waals surface area contributed by atoms with Gasteiger partial charge in [-0.25, -0.2) is 0 Å². The van der Waals surface area contributed by atoms with E-state index < -0.39 is 0 Å². The van der Waals surface area contributed by atoms with Crippen molar-refractivity contribution >= 4 is 38.6 Å². The number of anilines is 3. The maximum Gasteiger partial charge on any atom is 0.0739 e. The molecule has 0 fully saturated rings. The third kappa shape index (κ3) is 5.75. The molecule has 3 aliphatic rings. The Balaban J connectivity index is 1.11. The van der Waals surface area contributed by atoms with Crippen LogP contribution in [0.1, 0.15) is 37.2 Å². The average Bonchev–Trinajstić information content (AvgIpc) is 3.37. The highest BCUT2D eigenvalue weighted by Gasteiger charge is 2.26. The van der Waals surface area contributed by atoms with E-state index in [4.69, 9.17) is 0 Å². The van der Waals surface area contributed by atoms with Crippen LogP contribution in [0.4, 0.5) is 17.1 Å². The lowest BCUT2D eigenvalue weighted by molar-refractivity contribution is 0.798. The summed E-state index contributed by atoms with van der Waals surface area (Å²) in [6, 6.07) is 40.0. The van der Waals surface area contributed by atoms with E-state index in [-0.39, 0.29) is 6.04 Å². The Labute approximate surface area is 284 Å². The standard InChI is InChI=1S/C46H40N2/c1-34-14-4-2-7-23-44(34)48(46-25-13-18-38-16-9-11-22-43(38)46)41-32-28-36(29-33-41)35-26-30-40(31-27-35)47(39-19-5-3-6-20-39)45-24-12-17-37-15-8-10-21-42(37)45/h2-5,7-13,15-19,21-28,30-33,36,44H,1,6,14,20,29H2. The Morgan fingerprint density at radius 2 is 1.35 bits per heavy atom. The monoisotopic (exact) mass is 620 g/mol. The molecule has 234 valence electrons. The normalized spacial score (nSPS) is 18.9. The molecule has 0 spiro atoms. The fourth-order valence-electron chi connectivity index (χ4n) is 7.41. The van der Waals surface area contributed by atoms with E-state index in [9.17, 15) is 0 Å². The van der Waals surface area contributed by atoms with Crippen molar-refractivity contribution in [3.8, 4) is 0 Å². The molecular weight excluding hydrogens is 581 g/mol. The van der Waals surface area contributed by atoms with Crippen LogP contribution in [0.25, 0.3) is 21.5 Å². The third-order valence-corrected chi connectivity index (χ3v) is 9.87. The van der Waals surface area contributed by atoms with Gasteiger partial charge in [-0.2, -0.15) is 0 Å². The van der Waals surface area contributed by atoms with E-state index in [0.717, 1.165) is 25.7 Å². The van der Waals surface area contributed by atoms with Gasteiger partial charge in [0.15, 0.2) is 0 Å². The van der Waals surface area contributed by atoms with Gasteiger partial charge < -0.3 is 9.80 Å². The van der Waals surface area contributed by atoms with E-state index in [0.29, 0.717) is 5.92 Å². The van der Waals surface area contributed by atoms with Gasteiger partial charge >= 0.3 is 0 Å². The number of rotatable bonds is 7. The van der Waals surface area contributed by atoms with Gasteiger partial charge in [-0.05, 0) is 84.0 Å². The lowest BCUT2D eigenvalue weighted by Crippen LogP contribution is -2.34. The minimum absolute atomic E-state index is 0.0709. The van der Waals surface area contributed by atoms with Gasteiger partial charge in [-0.1, -0.05) is 140 Å². The largest absolute Gasteiger partial charge is 0.330 e. The molecule has 0 saturated heterocycles. The van der Waals surface area contributed by atoms with E-state index in [1.54, 1.807) is 0 Å². The highest BCUT2D eigenvalue weighted by atomic mass is 15.2. The summed E-state index contributed by atoms with van der Waals surface area (Å²) in [6.45, 7) is 4.53. The maximum atomic E-state index is 4.53. The summed E-state index contributed by atoms with van der Waals surface area (Å²) in [5, 5.41) is 5.03. The van der Waals surface area contributed by atoms with Crippen LogP contribution in [-0.4, -0.2) is 6.04 Å². The zero-order chi connectivity index (χ0) is 32.3. The van der Waals surface area contributed by atoms with Crippen LogP contribution in [0.3, 0.4) is 0 Å².